The first-order chi connectivity index (χ1) is 8.77. The maximum Gasteiger partial charge on any atom is 0.267 e. The molecule has 0 fully saturated rings. The fraction of sp³-hybridized carbons (Fsp3) is 0. The minimum absolute atomic E-state index is 0.304. The van der Waals surface area contributed by atoms with E-state index >= 15 is 0 Å². The number of fused-ring (bicyclic) bond motifs is 1. The Morgan fingerprint density at radius 1 is 1.11 bits per heavy atom. The third kappa shape index (κ3) is 3.11. The number of benzene rings is 1. The molecule has 0 unspecified atom stereocenters. The first-order valence-electron chi connectivity index (χ1n) is 5.27. The Labute approximate surface area is 108 Å². The zero-order valence-corrected chi connectivity index (χ0v) is 10.3. The predicted octanol–water partition coefficient (Wildman–Crippen LogP) is 2.48. The molecule has 0 atom stereocenters. The Hall–Kier alpha value is -2.27. The van der Waals surface area contributed by atoms with Crippen molar-refractivity contribution in [1.82, 2.24) is 9.36 Å². The third-order valence-corrected chi connectivity index (χ3v) is 2.72. The highest BCUT2D eigenvalue weighted by Crippen LogP contribution is 2.10. The molecule has 0 saturated carbocycles. The first-order valence-corrected chi connectivity index (χ1v) is 6.11. The molecule has 2 aromatic heterocycles. The molecule has 0 aliphatic carbocycles. The van der Waals surface area contributed by atoms with Gasteiger partial charge < -0.3 is 5.73 Å². The van der Waals surface area contributed by atoms with Crippen LogP contribution in [0, 0.1) is 0 Å². The molecule has 3 aromatic rings. The Bertz CT molecular complexity index is 620. The molecule has 1 amide bonds. The van der Waals surface area contributed by atoms with Crippen LogP contribution in [0.1, 0.15) is 10.5 Å². The van der Waals surface area contributed by atoms with E-state index in [1.165, 1.54) is 11.5 Å². The second-order valence-electron chi connectivity index (χ2n) is 3.44. The van der Waals surface area contributed by atoms with Gasteiger partial charge in [-0.05, 0) is 29.7 Å². The topological polar surface area (TPSA) is 68.9 Å². The Balaban J connectivity index is 0.000000202. The summed E-state index contributed by atoms with van der Waals surface area (Å²) >= 11 is 1.46. The van der Waals surface area contributed by atoms with E-state index in [-0.39, 0.29) is 0 Å². The zero-order valence-electron chi connectivity index (χ0n) is 9.48. The van der Waals surface area contributed by atoms with Crippen LogP contribution < -0.4 is 5.73 Å². The third-order valence-electron chi connectivity index (χ3n) is 2.20. The first kappa shape index (κ1) is 12.2. The monoisotopic (exact) mass is 257 g/mol. The summed E-state index contributed by atoms with van der Waals surface area (Å²) in [6.07, 6.45) is 1.77. The molecule has 0 spiro atoms. The van der Waals surface area contributed by atoms with Crippen molar-refractivity contribution in [3.05, 3.63) is 59.7 Å². The van der Waals surface area contributed by atoms with Crippen molar-refractivity contribution in [1.29, 1.82) is 0 Å². The van der Waals surface area contributed by atoms with Crippen LogP contribution in [0.25, 0.3) is 10.9 Å². The van der Waals surface area contributed by atoms with Crippen LogP contribution in [-0.2, 0) is 0 Å². The number of carbonyl (C=O) groups excluding carboxylic acids is 1. The van der Waals surface area contributed by atoms with Gasteiger partial charge in [-0.2, -0.15) is 0 Å². The SMILES string of the molecule is NC(=O)c1ccc2ccccc2n1.c1cnsc1. The molecular weight excluding hydrogens is 246 g/mol. The molecule has 5 heteroatoms. The summed E-state index contributed by atoms with van der Waals surface area (Å²) in [4.78, 5) is 14.9. The number of aromatic nitrogens is 2. The lowest BCUT2D eigenvalue weighted by Crippen LogP contribution is -2.12. The van der Waals surface area contributed by atoms with Gasteiger partial charge in [0.25, 0.3) is 5.91 Å². The van der Waals surface area contributed by atoms with Crippen LogP contribution in [0.4, 0.5) is 0 Å². The summed E-state index contributed by atoms with van der Waals surface area (Å²) in [5.74, 6) is -0.495. The quantitative estimate of drug-likeness (QED) is 0.728. The number of hydrogen-bond acceptors (Lipinski definition) is 4. The van der Waals surface area contributed by atoms with Gasteiger partial charge in [-0.1, -0.05) is 24.3 Å². The zero-order chi connectivity index (χ0) is 12.8. The van der Waals surface area contributed by atoms with Gasteiger partial charge in [-0.15, -0.1) is 0 Å². The average Bonchev–Trinajstić information content (AvgIpc) is 2.97. The van der Waals surface area contributed by atoms with Gasteiger partial charge in [0.2, 0.25) is 0 Å². The molecule has 90 valence electrons. The fourth-order valence-corrected chi connectivity index (χ4v) is 1.73. The molecule has 2 heterocycles. The van der Waals surface area contributed by atoms with Crippen molar-refractivity contribution in [2.75, 3.05) is 0 Å². The van der Waals surface area contributed by atoms with Crippen LogP contribution in [0.5, 0.6) is 0 Å². The highest BCUT2D eigenvalue weighted by molar-refractivity contribution is 7.03. The van der Waals surface area contributed by atoms with Crippen molar-refractivity contribution in [3.63, 3.8) is 0 Å². The van der Waals surface area contributed by atoms with E-state index in [1.54, 1.807) is 12.3 Å². The van der Waals surface area contributed by atoms with E-state index in [1.807, 2.05) is 41.8 Å². The van der Waals surface area contributed by atoms with Crippen molar-refractivity contribution >= 4 is 28.3 Å². The Kier molecular flexibility index (Phi) is 3.98. The molecule has 4 nitrogen and oxygen atoms in total. The maximum absolute atomic E-state index is 10.8. The van der Waals surface area contributed by atoms with Crippen LogP contribution in [0.2, 0.25) is 0 Å². The van der Waals surface area contributed by atoms with Crippen LogP contribution in [0.15, 0.2) is 54.0 Å². The summed E-state index contributed by atoms with van der Waals surface area (Å²) in [5.41, 5.74) is 6.20. The molecule has 3 rings (SSSR count). The highest BCUT2D eigenvalue weighted by atomic mass is 32.1. The van der Waals surface area contributed by atoms with E-state index in [2.05, 4.69) is 9.36 Å². The van der Waals surface area contributed by atoms with Crippen molar-refractivity contribution in [2.45, 2.75) is 0 Å². The van der Waals surface area contributed by atoms with Gasteiger partial charge in [0.15, 0.2) is 0 Å². The largest absolute Gasteiger partial charge is 0.364 e. The Morgan fingerprint density at radius 2 is 1.94 bits per heavy atom. The summed E-state index contributed by atoms with van der Waals surface area (Å²) in [5, 5.41) is 2.94. The predicted molar refractivity (Wildman–Crippen MR) is 72.4 cm³/mol. The van der Waals surface area contributed by atoms with Gasteiger partial charge in [-0.3, -0.25) is 4.79 Å². The van der Waals surface area contributed by atoms with Gasteiger partial charge in [0.1, 0.15) is 5.69 Å². The lowest BCUT2D eigenvalue weighted by atomic mass is 10.2. The van der Waals surface area contributed by atoms with Crippen LogP contribution in [0.3, 0.4) is 0 Å². The summed E-state index contributed by atoms with van der Waals surface area (Å²) in [7, 11) is 0. The summed E-state index contributed by atoms with van der Waals surface area (Å²) in [6, 6.07) is 13.0. The van der Waals surface area contributed by atoms with Gasteiger partial charge in [0, 0.05) is 17.0 Å². The van der Waals surface area contributed by atoms with E-state index in [9.17, 15) is 4.79 Å². The number of pyridine rings is 1. The second-order valence-corrected chi connectivity index (χ2v) is 4.14. The van der Waals surface area contributed by atoms with Crippen LogP contribution >= 0.6 is 11.5 Å². The molecule has 0 saturated heterocycles. The lowest BCUT2D eigenvalue weighted by molar-refractivity contribution is 0.0996. The smallest absolute Gasteiger partial charge is 0.267 e. The number of rotatable bonds is 1. The normalized spacial score (nSPS) is 9.56. The highest BCUT2D eigenvalue weighted by Gasteiger charge is 2.01. The number of nitrogens with zero attached hydrogens (tertiary/aromatic N) is 2. The van der Waals surface area contributed by atoms with Crippen LogP contribution in [-0.4, -0.2) is 15.3 Å². The fourth-order valence-electron chi connectivity index (χ4n) is 1.38. The van der Waals surface area contributed by atoms with Crippen molar-refractivity contribution in [3.8, 4) is 0 Å². The molecule has 0 radical (unpaired) electrons. The van der Waals surface area contributed by atoms with E-state index in [0.717, 1.165) is 10.9 Å². The summed E-state index contributed by atoms with van der Waals surface area (Å²) < 4.78 is 3.76. The molecule has 0 aliphatic rings. The maximum atomic E-state index is 10.8. The number of primary amides is 1. The minimum atomic E-state index is -0.495. The lowest BCUT2D eigenvalue weighted by Gasteiger charge is -1.97. The van der Waals surface area contributed by atoms with Gasteiger partial charge in [0.05, 0.1) is 5.52 Å². The minimum Gasteiger partial charge on any atom is -0.364 e. The number of carbonyl (C=O) groups is 1. The number of nitrogens with two attached hydrogens (primary N) is 1. The Morgan fingerprint density at radius 3 is 2.56 bits per heavy atom. The number of hydrogen-bond donors (Lipinski definition) is 1. The second kappa shape index (κ2) is 5.88. The molecule has 18 heavy (non-hydrogen) atoms. The molecular formula is C13H11N3OS. The van der Waals surface area contributed by atoms with E-state index in [0.29, 0.717) is 5.69 Å². The molecule has 1 aromatic carbocycles. The molecule has 0 aliphatic heterocycles. The average molecular weight is 257 g/mol. The molecule has 2 N–H and O–H groups in total. The molecule has 0 bridgehead atoms. The number of para-hydroxylation sites is 1. The van der Waals surface area contributed by atoms with Gasteiger partial charge in [-0.25, -0.2) is 9.36 Å². The standard InChI is InChI=1S/C10H8N2O.C3H3NS/c11-10(13)9-6-5-7-3-1-2-4-8(7)12-9;1-2-4-5-3-1/h1-6H,(H2,11,13);1-3H. The van der Waals surface area contributed by atoms with Crippen molar-refractivity contribution in [2.24, 2.45) is 5.73 Å². The van der Waals surface area contributed by atoms with E-state index in [4.69, 9.17) is 5.73 Å². The van der Waals surface area contributed by atoms with Crippen molar-refractivity contribution < 1.29 is 4.79 Å². The number of amides is 1. The van der Waals surface area contributed by atoms with Gasteiger partial charge >= 0.3 is 0 Å². The van der Waals surface area contributed by atoms with E-state index < -0.39 is 5.91 Å². The summed E-state index contributed by atoms with van der Waals surface area (Å²) in [6.45, 7) is 0.